The molecular weight excluding hydrogens is 469 g/mol. The third-order valence-corrected chi connectivity index (χ3v) is 7.38. The van der Waals surface area contributed by atoms with Gasteiger partial charge in [0.05, 0.1) is 22.5 Å². The highest BCUT2D eigenvalue weighted by Gasteiger charge is 2.23. The third-order valence-electron chi connectivity index (χ3n) is 5.32. The third kappa shape index (κ3) is 4.31. The molecule has 4 aromatic rings. The van der Waals surface area contributed by atoms with Crippen LogP contribution in [0.25, 0.3) is 22.0 Å². The molecule has 0 spiro atoms. The molecule has 1 N–H and O–H groups in total. The Morgan fingerprint density at radius 1 is 1.12 bits per heavy atom. The number of hydrogen-bond donors (Lipinski definition) is 1. The molecule has 0 atom stereocenters. The van der Waals surface area contributed by atoms with Gasteiger partial charge in [0.25, 0.3) is 10.0 Å². The van der Waals surface area contributed by atoms with E-state index in [1.165, 1.54) is 37.6 Å². The van der Waals surface area contributed by atoms with Crippen molar-refractivity contribution in [2.75, 3.05) is 7.11 Å². The molecule has 33 heavy (non-hydrogen) atoms. The molecule has 0 unspecified atom stereocenters. The molecule has 0 radical (unpaired) electrons. The van der Waals surface area contributed by atoms with Crippen molar-refractivity contribution in [2.24, 2.45) is 0 Å². The first kappa shape index (κ1) is 22.8. The van der Waals surface area contributed by atoms with Crippen LogP contribution in [0.2, 0.25) is 5.02 Å². The van der Waals surface area contributed by atoms with E-state index in [0.29, 0.717) is 33.3 Å². The zero-order chi connectivity index (χ0) is 23.8. The number of nitrogens with zero attached hydrogens (tertiary/aromatic N) is 1. The second-order valence-electron chi connectivity index (χ2n) is 7.36. The lowest BCUT2D eigenvalue weighted by atomic mass is 10.1. The summed E-state index contributed by atoms with van der Waals surface area (Å²) < 4.78 is 47.5. The zero-order valence-electron chi connectivity index (χ0n) is 17.5. The second-order valence-corrected chi connectivity index (χ2v) is 9.55. The molecule has 4 rings (SSSR count). The van der Waals surface area contributed by atoms with E-state index < -0.39 is 21.8 Å². The van der Waals surface area contributed by atoms with E-state index in [9.17, 15) is 17.6 Å². The average molecular weight is 488 g/mol. The topological polar surface area (TPSA) is 85.6 Å². The molecule has 6 nitrogen and oxygen atoms in total. The van der Waals surface area contributed by atoms with Crippen molar-refractivity contribution in [1.29, 1.82) is 0 Å². The maximum absolute atomic E-state index is 13.9. The fourth-order valence-electron chi connectivity index (χ4n) is 3.68. The second kappa shape index (κ2) is 8.88. The highest BCUT2D eigenvalue weighted by molar-refractivity contribution is 7.90. The smallest absolute Gasteiger partial charge is 0.303 e. The summed E-state index contributed by atoms with van der Waals surface area (Å²) in [6, 6.07) is 15.4. The number of methoxy groups -OCH3 is 1. The summed E-state index contributed by atoms with van der Waals surface area (Å²) in [6.45, 7) is 0. The lowest BCUT2D eigenvalue weighted by Crippen LogP contribution is -2.12. The van der Waals surface area contributed by atoms with Crippen LogP contribution in [0.15, 0.2) is 71.8 Å². The van der Waals surface area contributed by atoms with Gasteiger partial charge in [0.2, 0.25) is 0 Å². The van der Waals surface area contributed by atoms with Gasteiger partial charge in [-0.25, -0.2) is 16.8 Å². The summed E-state index contributed by atoms with van der Waals surface area (Å²) in [6.07, 6.45) is 1.44. The molecule has 0 amide bonds. The number of carboxylic acids is 1. The fraction of sp³-hybridized carbons (Fsp3) is 0.125. The Morgan fingerprint density at radius 2 is 1.88 bits per heavy atom. The summed E-state index contributed by atoms with van der Waals surface area (Å²) in [4.78, 5) is 11.1. The Labute approximate surface area is 194 Å². The Balaban J connectivity index is 1.86. The van der Waals surface area contributed by atoms with E-state index in [0.717, 1.165) is 3.97 Å². The molecular formula is C24H19ClFNO5S. The molecule has 170 valence electrons. The van der Waals surface area contributed by atoms with Crippen LogP contribution < -0.4 is 4.74 Å². The van der Waals surface area contributed by atoms with Crippen LogP contribution in [0.5, 0.6) is 5.75 Å². The van der Waals surface area contributed by atoms with Crippen LogP contribution in [0.1, 0.15) is 12.0 Å². The van der Waals surface area contributed by atoms with Crippen molar-refractivity contribution in [3.05, 3.63) is 83.3 Å². The van der Waals surface area contributed by atoms with Gasteiger partial charge in [-0.2, -0.15) is 0 Å². The van der Waals surface area contributed by atoms with Crippen LogP contribution in [0.4, 0.5) is 4.39 Å². The number of aliphatic carboxylic acids is 1. The van der Waals surface area contributed by atoms with E-state index in [1.807, 2.05) is 0 Å². The molecule has 0 aliphatic carbocycles. The number of benzene rings is 3. The van der Waals surface area contributed by atoms with E-state index in [1.54, 1.807) is 36.4 Å². The number of aryl methyl sites for hydroxylation is 1. The van der Waals surface area contributed by atoms with E-state index in [-0.39, 0.29) is 22.8 Å². The monoisotopic (exact) mass is 487 g/mol. The predicted octanol–water partition coefficient (Wildman–Crippen LogP) is 5.36. The predicted molar refractivity (Wildman–Crippen MR) is 124 cm³/mol. The van der Waals surface area contributed by atoms with E-state index >= 15 is 0 Å². The maximum Gasteiger partial charge on any atom is 0.303 e. The van der Waals surface area contributed by atoms with Crippen LogP contribution in [-0.4, -0.2) is 30.6 Å². The fourth-order valence-corrected chi connectivity index (χ4v) is 5.35. The quantitative estimate of drug-likeness (QED) is 0.379. The molecule has 0 saturated carbocycles. The van der Waals surface area contributed by atoms with Gasteiger partial charge in [0, 0.05) is 23.6 Å². The van der Waals surface area contributed by atoms with Gasteiger partial charge >= 0.3 is 5.97 Å². The lowest BCUT2D eigenvalue weighted by molar-refractivity contribution is -0.136. The first-order chi connectivity index (χ1) is 15.7. The number of carbonyl (C=O) groups is 1. The molecule has 3 aromatic carbocycles. The summed E-state index contributed by atoms with van der Waals surface area (Å²) in [5.41, 5.74) is 1.78. The largest absolute Gasteiger partial charge is 0.497 e. The summed E-state index contributed by atoms with van der Waals surface area (Å²) in [7, 11) is -2.57. The number of halogens is 2. The number of hydrogen-bond acceptors (Lipinski definition) is 4. The molecule has 0 aliphatic heterocycles. The van der Waals surface area contributed by atoms with Crippen molar-refractivity contribution < 1.29 is 27.4 Å². The van der Waals surface area contributed by atoms with Gasteiger partial charge < -0.3 is 9.84 Å². The SMILES string of the molecule is COc1ccc2c(c1)c(CCC(=O)O)cn2S(=O)(=O)c1cccc(-c2cccc(F)c2Cl)c1. The Morgan fingerprint density at radius 3 is 2.61 bits per heavy atom. The molecule has 0 saturated heterocycles. The number of ether oxygens (including phenoxy) is 1. The molecule has 1 heterocycles. The minimum atomic E-state index is -4.06. The van der Waals surface area contributed by atoms with Gasteiger partial charge in [0.15, 0.2) is 0 Å². The average Bonchev–Trinajstić information content (AvgIpc) is 3.18. The standard InChI is InChI=1S/C24H19ClFNO5S/c1-32-17-9-10-22-20(13-17)16(8-11-23(28)29)14-27(22)33(30,31)18-5-2-4-15(12-18)19-6-3-7-21(26)24(19)25/h2-7,9-10,12-14H,8,11H2,1H3,(H,28,29). The van der Waals surface area contributed by atoms with Crippen molar-refractivity contribution >= 4 is 38.5 Å². The number of aromatic nitrogens is 1. The molecule has 9 heteroatoms. The van der Waals surface area contributed by atoms with Crippen LogP contribution in [0, 0.1) is 5.82 Å². The highest BCUT2D eigenvalue weighted by atomic mass is 35.5. The number of rotatable bonds is 7. The van der Waals surface area contributed by atoms with Crippen LogP contribution in [0.3, 0.4) is 0 Å². The van der Waals surface area contributed by atoms with E-state index in [4.69, 9.17) is 21.4 Å². The van der Waals surface area contributed by atoms with Gasteiger partial charge in [-0.3, -0.25) is 4.79 Å². The van der Waals surface area contributed by atoms with Crippen molar-refractivity contribution in [3.63, 3.8) is 0 Å². The van der Waals surface area contributed by atoms with Gasteiger partial charge in [-0.05, 0) is 53.9 Å². The lowest BCUT2D eigenvalue weighted by Gasteiger charge is -2.11. The van der Waals surface area contributed by atoms with Crippen molar-refractivity contribution in [3.8, 4) is 16.9 Å². The van der Waals surface area contributed by atoms with Gasteiger partial charge in [0.1, 0.15) is 11.6 Å². The molecule has 1 aromatic heterocycles. The molecule has 0 fully saturated rings. The number of carboxylic acid groups (broad SMARTS) is 1. The normalized spacial score (nSPS) is 11.6. The van der Waals surface area contributed by atoms with Gasteiger partial charge in [-0.15, -0.1) is 0 Å². The maximum atomic E-state index is 13.9. The Bertz CT molecular complexity index is 1480. The first-order valence-corrected chi connectivity index (χ1v) is 11.7. The molecule has 0 aliphatic rings. The summed E-state index contributed by atoms with van der Waals surface area (Å²) in [5.74, 6) is -1.06. The Hall–Kier alpha value is -3.36. The molecule has 0 bridgehead atoms. The Kier molecular flexibility index (Phi) is 6.14. The van der Waals surface area contributed by atoms with Gasteiger partial charge in [-0.1, -0.05) is 35.9 Å². The summed E-state index contributed by atoms with van der Waals surface area (Å²) in [5, 5.41) is 9.58. The van der Waals surface area contributed by atoms with E-state index in [2.05, 4.69) is 0 Å². The van der Waals surface area contributed by atoms with Crippen molar-refractivity contribution in [2.45, 2.75) is 17.7 Å². The van der Waals surface area contributed by atoms with Crippen molar-refractivity contribution in [1.82, 2.24) is 3.97 Å². The minimum absolute atomic E-state index is 0.0159. The minimum Gasteiger partial charge on any atom is -0.497 e. The first-order valence-electron chi connectivity index (χ1n) is 9.92. The van der Waals surface area contributed by atoms with Crippen LogP contribution in [-0.2, 0) is 21.2 Å². The summed E-state index contributed by atoms with van der Waals surface area (Å²) >= 11 is 6.09. The zero-order valence-corrected chi connectivity index (χ0v) is 19.0. The highest BCUT2D eigenvalue weighted by Crippen LogP contribution is 2.33. The van der Waals surface area contributed by atoms with Crippen LogP contribution >= 0.6 is 11.6 Å². The number of fused-ring (bicyclic) bond motifs is 1.